The number of amides is 2. The Bertz CT molecular complexity index is 1500. The largest absolute Gasteiger partial charge is 0.416 e. The first-order valence-electron chi connectivity index (χ1n) is 12.8. The summed E-state index contributed by atoms with van der Waals surface area (Å²) in [6, 6.07) is 25.5. The molecule has 5 nitrogen and oxygen atoms in total. The van der Waals surface area contributed by atoms with E-state index in [2.05, 4.69) is 0 Å². The number of piperazine rings is 1. The van der Waals surface area contributed by atoms with E-state index in [4.69, 9.17) is 5.73 Å². The van der Waals surface area contributed by atoms with E-state index in [0.717, 1.165) is 28.5 Å². The fourth-order valence-electron chi connectivity index (χ4n) is 5.13. The normalized spacial score (nSPS) is 16.1. The number of hydrogen-bond acceptors (Lipinski definition) is 3. The minimum absolute atomic E-state index is 0.0301. The van der Waals surface area contributed by atoms with Crippen molar-refractivity contribution in [3.05, 3.63) is 113 Å². The van der Waals surface area contributed by atoms with Gasteiger partial charge in [-0.05, 0) is 59.0 Å². The van der Waals surface area contributed by atoms with Gasteiger partial charge < -0.3 is 15.5 Å². The molecule has 0 radical (unpaired) electrons. The molecular formula is C31H28F3N3O2. The van der Waals surface area contributed by atoms with Crippen molar-refractivity contribution in [2.75, 3.05) is 18.8 Å². The van der Waals surface area contributed by atoms with Crippen LogP contribution in [0.4, 0.5) is 18.9 Å². The topological polar surface area (TPSA) is 66.6 Å². The number of carbonyl (C=O) groups is 2. The van der Waals surface area contributed by atoms with Crippen LogP contribution in [0.15, 0.2) is 91.0 Å². The third-order valence-corrected chi connectivity index (χ3v) is 7.17. The zero-order chi connectivity index (χ0) is 27.6. The maximum absolute atomic E-state index is 13.6. The van der Waals surface area contributed by atoms with Crippen molar-refractivity contribution in [3.8, 4) is 0 Å². The van der Waals surface area contributed by atoms with E-state index in [-0.39, 0.29) is 37.5 Å². The number of alkyl halides is 3. The molecule has 1 fully saturated rings. The first-order valence-corrected chi connectivity index (χ1v) is 12.8. The van der Waals surface area contributed by atoms with Crippen LogP contribution in [0.25, 0.3) is 10.8 Å². The lowest BCUT2D eigenvalue weighted by Crippen LogP contribution is -2.57. The Morgan fingerprint density at radius 2 is 1.54 bits per heavy atom. The molecule has 1 aliphatic heterocycles. The average molecular weight is 532 g/mol. The van der Waals surface area contributed by atoms with Crippen LogP contribution in [-0.2, 0) is 23.9 Å². The molecule has 0 unspecified atom stereocenters. The Balaban J connectivity index is 1.41. The molecule has 8 heteroatoms. The van der Waals surface area contributed by atoms with Crippen molar-refractivity contribution in [1.82, 2.24) is 9.80 Å². The van der Waals surface area contributed by atoms with Gasteiger partial charge in [-0.25, -0.2) is 0 Å². The van der Waals surface area contributed by atoms with Crippen molar-refractivity contribution in [1.29, 1.82) is 0 Å². The molecule has 0 aliphatic carbocycles. The van der Waals surface area contributed by atoms with Gasteiger partial charge in [-0.3, -0.25) is 9.59 Å². The Hall–Kier alpha value is -4.33. The lowest BCUT2D eigenvalue weighted by Gasteiger charge is -2.41. The number of halogens is 3. The van der Waals surface area contributed by atoms with E-state index < -0.39 is 11.7 Å². The number of nitrogens with zero attached hydrogens (tertiary/aromatic N) is 2. The van der Waals surface area contributed by atoms with Gasteiger partial charge in [0.1, 0.15) is 6.54 Å². The number of anilines is 1. The van der Waals surface area contributed by atoms with Crippen LogP contribution in [0, 0.1) is 0 Å². The number of nitrogen functional groups attached to an aromatic ring is 1. The SMILES string of the molecule is Nc1cc2ccccc2cc1C(=O)N1CC(=O)N(Cc2cccc(C(F)(F)F)c2)[C@@H](CCc2ccccc2)C1. The molecule has 2 N–H and O–H groups in total. The molecule has 39 heavy (non-hydrogen) atoms. The van der Waals surface area contributed by atoms with Gasteiger partial charge in [0.25, 0.3) is 5.91 Å². The quantitative estimate of drug-likeness (QED) is 0.314. The van der Waals surface area contributed by atoms with Gasteiger partial charge in [-0.2, -0.15) is 13.2 Å². The van der Waals surface area contributed by atoms with Crippen LogP contribution in [0.5, 0.6) is 0 Å². The molecule has 1 aliphatic rings. The van der Waals surface area contributed by atoms with E-state index in [1.165, 1.54) is 11.0 Å². The number of rotatable bonds is 6. The average Bonchev–Trinajstić information content (AvgIpc) is 2.92. The molecule has 0 saturated carbocycles. The molecule has 4 aromatic carbocycles. The molecule has 200 valence electrons. The highest BCUT2D eigenvalue weighted by Gasteiger charge is 2.36. The summed E-state index contributed by atoms with van der Waals surface area (Å²) in [6.45, 7) is 0.108. The van der Waals surface area contributed by atoms with Crippen LogP contribution in [0.3, 0.4) is 0 Å². The van der Waals surface area contributed by atoms with Crippen LogP contribution in [-0.4, -0.2) is 40.7 Å². The molecule has 1 saturated heterocycles. The molecule has 1 atom stereocenters. The number of carbonyl (C=O) groups excluding carboxylic acids is 2. The molecule has 0 spiro atoms. The van der Waals surface area contributed by atoms with Crippen LogP contribution in [0.1, 0.15) is 33.5 Å². The molecule has 0 aromatic heterocycles. The zero-order valence-electron chi connectivity index (χ0n) is 21.2. The number of nitrogens with two attached hydrogens (primary N) is 1. The zero-order valence-corrected chi connectivity index (χ0v) is 21.2. The summed E-state index contributed by atoms with van der Waals surface area (Å²) in [4.78, 5) is 30.1. The van der Waals surface area contributed by atoms with Crippen LogP contribution < -0.4 is 5.73 Å². The van der Waals surface area contributed by atoms with Crippen molar-refractivity contribution < 1.29 is 22.8 Å². The summed E-state index contributed by atoms with van der Waals surface area (Å²) in [5.41, 5.74) is 7.61. The minimum Gasteiger partial charge on any atom is -0.398 e. The summed E-state index contributed by atoms with van der Waals surface area (Å²) in [5, 5.41) is 1.78. The second-order valence-corrected chi connectivity index (χ2v) is 9.87. The van der Waals surface area contributed by atoms with E-state index in [0.29, 0.717) is 29.7 Å². The highest BCUT2D eigenvalue weighted by molar-refractivity contribution is 6.05. The summed E-state index contributed by atoms with van der Waals surface area (Å²) in [7, 11) is 0. The molecular weight excluding hydrogens is 503 g/mol. The summed E-state index contributed by atoms with van der Waals surface area (Å²) in [6.07, 6.45) is -3.28. The van der Waals surface area contributed by atoms with Gasteiger partial charge in [0.15, 0.2) is 0 Å². The minimum atomic E-state index is -4.47. The van der Waals surface area contributed by atoms with Crippen molar-refractivity contribution >= 4 is 28.3 Å². The van der Waals surface area contributed by atoms with E-state index in [9.17, 15) is 22.8 Å². The maximum Gasteiger partial charge on any atom is 0.416 e. The fourth-order valence-corrected chi connectivity index (χ4v) is 5.13. The van der Waals surface area contributed by atoms with E-state index in [1.807, 2.05) is 54.6 Å². The first kappa shape index (κ1) is 26.3. The van der Waals surface area contributed by atoms with E-state index in [1.54, 1.807) is 23.1 Å². The Morgan fingerprint density at radius 3 is 2.26 bits per heavy atom. The Morgan fingerprint density at radius 1 is 0.872 bits per heavy atom. The van der Waals surface area contributed by atoms with Crippen LogP contribution >= 0.6 is 0 Å². The predicted molar refractivity (Wildman–Crippen MR) is 145 cm³/mol. The molecule has 0 bridgehead atoms. The second kappa shape index (κ2) is 10.8. The second-order valence-electron chi connectivity index (χ2n) is 9.87. The monoisotopic (exact) mass is 531 g/mol. The van der Waals surface area contributed by atoms with Crippen molar-refractivity contribution in [3.63, 3.8) is 0 Å². The Kier molecular flexibility index (Phi) is 7.28. The molecule has 2 amide bonds. The Labute approximate surface area is 224 Å². The number of fused-ring (bicyclic) bond motifs is 1. The number of hydrogen-bond donors (Lipinski definition) is 1. The van der Waals surface area contributed by atoms with Gasteiger partial charge in [0.05, 0.1) is 17.2 Å². The highest BCUT2D eigenvalue weighted by Crippen LogP contribution is 2.31. The molecule has 5 rings (SSSR count). The number of aryl methyl sites for hydroxylation is 1. The summed E-state index contributed by atoms with van der Waals surface area (Å²) < 4.78 is 39.9. The van der Waals surface area contributed by atoms with Gasteiger partial charge in [-0.1, -0.05) is 66.7 Å². The standard InChI is InChI=1S/C31H28F3N3O2/c32-31(33,34)25-12-6-9-22(15-25)18-37-26(14-13-21-7-2-1-3-8-21)19-36(20-29(37)38)30(39)27-16-23-10-4-5-11-24(23)17-28(27)35/h1-12,15-17,26H,13-14,18-20,35H2/t26-/m0/s1. The molecule has 1 heterocycles. The maximum atomic E-state index is 13.6. The summed E-state index contributed by atoms with van der Waals surface area (Å²) in [5.74, 6) is -0.653. The lowest BCUT2D eigenvalue weighted by atomic mass is 9.99. The third-order valence-electron chi connectivity index (χ3n) is 7.17. The summed E-state index contributed by atoms with van der Waals surface area (Å²) >= 11 is 0. The third kappa shape index (κ3) is 5.90. The number of benzene rings is 4. The van der Waals surface area contributed by atoms with Gasteiger partial charge in [-0.15, -0.1) is 0 Å². The smallest absolute Gasteiger partial charge is 0.398 e. The van der Waals surface area contributed by atoms with Crippen molar-refractivity contribution in [2.45, 2.75) is 31.6 Å². The van der Waals surface area contributed by atoms with Crippen LogP contribution in [0.2, 0.25) is 0 Å². The molecule has 4 aromatic rings. The lowest BCUT2D eigenvalue weighted by molar-refractivity contribution is -0.139. The first-order chi connectivity index (χ1) is 18.7. The van der Waals surface area contributed by atoms with Gasteiger partial charge >= 0.3 is 6.18 Å². The van der Waals surface area contributed by atoms with Crippen molar-refractivity contribution in [2.24, 2.45) is 0 Å². The fraction of sp³-hybridized carbons (Fsp3) is 0.226. The van der Waals surface area contributed by atoms with Gasteiger partial charge in [0, 0.05) is 18.8 Å². The van der Waals surface area contributed by atoms with E-state index >= 15 is 0 Å². The highest BCUT2D eigenvalue weighted by atomic mass is 19.4. The van der Waals surface area contributed by atoms with Gasteiger partial charge in [0.2, 0.25) is 5.91 Å². The predicted octanol–water partition coefficient (Wildman–Crippen LogP) is 5.93.